The Kier molecular flexibility index (Phi) is 2.97. The first kappa shape index (κ1) is 9.85. The smallest absolute Gasteiger partial charge is 0.0346 e. The average Bonchev–Trinajstić information content (AvgIpc) is 2.18. The molecule has 0 bridgehead atoms. The van der Waals surface area contributed by atoms with Crippen molar-refractivity contribution in [3.63, 3.8) is 0 Å². The molecule has 0 amide bonds. The predicted octanol–water partition coefficient (Wildman–Crippen LogP) is 4.40. The Morgan fingerprint density at radius 2 is 1.93 bits per heavy atom. The minimum absolute atomic E-state index is 0.663. The first-order chi connectivity index (χ1) is 6.75. The van der Waals surface area contributed by atoms with Crippen LogP contribution in [0.3, 0.4) is 0 Å². The van der Waals surface area contributed by atoms with Crippen molar-refractivity contribution < 1.29 is 0 Å². The summed E-state index contributed by atoms with van der Waals surface area (Å²) in [6.45, 7) is 4.52. The summed E-state index contributed by atoms with van der Waals surface area (Å²) in [4.78, 5) is 1.47. The van der Waals surface area contributed by atoms with E-state index >= 15 is 0 Å². The maximum atomic E-state index is 2.38. The van der Waals surface area contributed by atoms with E-state index in [1.54, 1.807) is 0 Å². The molecule has 14 heavy (non-hydrogen) atoms. The van der Waals surface area contributed by atoms with Crippen LogP contribution in [0.25, 0.3) is 0 Å². The van der Waals surface area contributed by atoms with E-state index in [1.165, 1.54) is 16.9 Å². The summed E-state index contributed by atoms with van der Waals surface area (Å²) in [5.41, 5.74) is 1.47. The van der Waals surface area contributed by atoms with Crippen molar-refractivity contribution in [1.29, 1.82) is 0 Å². The van der Waals surface area contributed by atoms with Gasteiger partial charge in [0, 0.05) is 5.25 Å². The molecule has 0 saturated heterocycles. The van der Waals surface area contributed by atoms with Crippen molar-refractivity contribution in [2.75, 3.05) is 0 Å². The van der Waals surface area contributed by atoms with E-state index in [9.17, 15) is 0 Å². The van der Waals surface area contributed by atoms with Crippen LogP contribution in [0.1, 0.15) is 31.1 Å². The Bertz CT molecular complexity index is 326. The summed E-state index contributed by atoms with van der Waals surface area (Å²) in [6.07, 6.45) is 3.65. The van der Waals surface area contributed by atoms with E-state index in [4.69, 9.17) is 0 Å². The fraction of sp³-hybridized carbons (Fsp3) is 0.385. The molecule has 0 spiro atoms. The molecule has 1 aliphatic rings. The number of thioether (sulfide) groups is 1. The molecule has 0 N–H and O–H groups in total. The third-order valence-electron chi connectivity index (χ3n) is 2.60. The summed E-state index contributed by atoms with van der Waals surface area (Å²) in [6, 6.07) is 10.8. The molecular formula is C13H16S. The van der Waals surface area contributed by atoms with Gasteiger partial charge in [-0.25, -0.2) is 0 Å². The normalized spacial score (nSPS) is 27.1. The number of benzene rings is 1. The molecule has 1 heterocycles. The molecule has 2 unspecified atom stereocenters. The second-order valence-electron chi connectivity index (χ2n) is 4.01. The van der Waals surface area contributed by atoms with Gasteiger partial charge in [0.1, 0.15) is 0 Å². The van der Waals surface area contributed by atoms with E-state index in [0.29, 0.717) is 5.25 Å². The Hall–Kier alpha value is -0.690. The average molecular weight is 204 g/mol. The zero-order valence-electron chi connectivity index (χ0n) is 8.73. The fourth-order valence-electron chi connectivity index (χ4n) is 1.99. The van der Waals surface area contributed by atoms with Gasteiger partial charge in [0.25, 0.3) is 0 Å². The number of hydrogen-bond donors (Lipinski definition) is 0. The molecule has 0 radical (unpaired) electrons. The van der Waals surface area contributed by atoms with Crippen molar-refractivity contribution in [2.45, 2.75) is 25.5 Å². The van der Waals surface area contributed by atoms with Gasteiger partial charge in [-0.1, -0.05) is 43.3 Å². The molecule has 1 aromatic carbocycles. The second-order valence-corrected chi connectivity index (χ2v) is 5.46. The maximum absolute atomic E-state index is 2.38. The van der Waals surface area contributed by atoms with Crippen LogP contribution in [-0.2, 0) is 0 Å². The minimum atomic E-state index is 0.663. The van der Waals surface area contributed by atoms with Crippen LogP contribution in [0.2, 0.25) is 0 Å². The number of rotatable bonds is 1. The lowest BCUT2D eigenvalue weighted by Crippen LogP contribution is -2.05. The van der Waals surface area contributed by atoms with Gasteiger partial charge in [-0.3, -0.25) is 0 Å². The third kappa shape index (κ3) is 2.21. The highest BCUT2D eigenvalue weighted by atomic mass is 32.2. The van der Waals surface area contributed by atoms with Gasteiger partial charge >= 0.3 is 0 Å². The quantitative estimate of drug-likeness (QED) is 0.653. The monoisotopic (exact) mass is 204 g/mol. The Balaban J connectivity index is 2.18. The first-order valence-corrected chi connectivity index (χ1v) is 6.03. The maximum Gasteiger partial charge on any atom is 0.0346 e. The van der Waals surface area contributed by atoms with Crippen LogP contribution in [-0.4, -0.2) is 0 Å². The van der Waals surface area contributed by atoms with Gasteiger partial charge in [0.15, 0.2) is 0 Å². The standard InChI is InChI=1S/C13H16S/c1-10-8-11(2)14-13(9-10)12-6-4-3-5-7-12/h3-8,10,13H,9H2,1-2H3. The van der Waals surface area contributed by atoms with Gasteiger partial charge in [-0.15, -0.1) is 11.8 Å². The highest BCUT2D eigenvalue weighted by Crippen LogP contribution is 2.43. The topological polar surface area (TPSA) is 0 Å². The predicted molar refractivity (Wildman–Crippen MR) is 64.3 cm³/mol. The lowest BCUT2D eigenvalue weighted by atomic mass is 9.99. The van der Waals surface area contributed by atoms with Crippen LogP contribution in [0, 0.1) is 5.92 Å². The van der Waals surface area contributed by atoms with E-state index < -0.39 is 0 Å². The van der Waals surface area contributed by atoms with Crippen LogP contribution >= 0.6 is 11.8 Å². The summed E-state index contributed by atoms with van der Waals surface area (Å²) in [7, 11) is 0. The molecule has 1 aliphatic heterocycles. The summed E-state index contributed by atoms with van der Waals surface area (Å²) >= 11 is 2.00. The number of allylic oxidation sites excluding steroid dienone is 2. The molecule has 0 nitrogen and oxygen atoms in total. The van der Waals surface area contributed by atoms with Crippen LogP contribution in [0.4, 0.5) is 0 Å². The zero-order chi connectivity index (χ0) is 9.97. The van der Waals surface area contributed by atoms with Gasteiger partial charge in [-0.2, -0.15) is 0 Å². The zero-order valence-corrected chi connectivity index (χ0v) is 9.55. The van der Waals surface area contributed by atoms with Crippen molar-refractivity contribution in [2.24, 2.45) is 5.92 Å². The molecule has 0 aromatic heterocycles. The van der Waals surface area contributed by atoms with E-state index in [0.717, 1.165) is 5.92 Å². The van der Waals surface area contributed by atoms with E-state index in [2.05, 4.69) is 50.3 Å². The molecule has 0 aliphatic carbocycles. The van der Waals surface area contributed by atoms with Crippen molar-refractivity contribution in [3.05, 3.63) is 46.9 Å². The highest BCUT2D eigenvalue weighted by molar-refractivity contribution is 8.03. The summed E-state index contributed by atoms with van der Waals surface area (Å²) < 4.78 is 0. The number of hydrogen-bond acceptors (Lipinski definition) is 1. The van der Waals surface area contributed by atoms with Gasteiger partial charge in [0.05, 0.1) is 0 Å². The van der Waals surface area contributed by atoms with Gasteiger partial charge in [0.2, 0.25) is 0 Å². The Morgan fingerprint density at radius 1 is 1.21 bits per heavy atom. The lowest BCUT2D eigenvalue weighted by Gasteiger charge is -2.25. The van der Waals surface area contributed by atoms with Gasteiger partial charge < -0.3 is 0 Å². The van der Waals surface area contributed by atoms with Crippen LogP contribution < -0.4 is 0 Å². The van der Waals surface area contributed by atoms with Crippen LogP contribution in [0.5, 0.6) is 0 Å². The molecule has 1 aromatic rings. The Labute approximate surface area is 90.4 Å². The summed E-state index contributed by atoms with van der Waals surface area (Å²) in [5.74, 6) is 0.724. The fourth-order valence-corrected chi connectivity index (χ4v) is 3.44. The molecule has 0 fully saturated rings. The molecule has 74 valence electrons. The molecule has 2 atom stereocenters. The summed E-state index contributed by atoms with van der Waals surface area (Å²) in [5, 5.41) is 0.663. The molecule has 2 rings (SSSR count). The minimum Gasteiger partial charge on any atom is -0.123 e. The molecule has 0 saturated carbocycles. The van der Waals surface area contributed by atoms with Crippen molar-refractivity contribution in [3.8, 4) is 0 Å². The highest BCUT2D eigenvalue weighted by Gasteiger charge is 2.19. The molecular weight excluding hydrogens is 188 g/mol. The lowest BCUT2D eigenvalue weighted by molar-refractivity contribution is 0.629. The SMILES string of the molecule is CC1=CC(C)CC(c2ccccc2)S1. The first-order valence-electron chi connectivity index (χ1n) is 5.16. The largest absolute Gasteiger partial charge is 0.123 e. The van der Waals surface area contributed by atoms with Gasteiger partial charge in [-0.05, 0) is 29.7 Å². The van der Waals surface area contributed by atoms with Crippen molar-refractivity contribution in [1.82, 2.24) is 0 Å². The van der Waals surface area contributed by atoms with Crippen LogP contribution in [0.15, 0.2) is 41.3 Å². The molecule has 1 heteroatoms. The van der Waals surface area contributed by atoms with Crippen molar-refractivity contribution >= 4 is 11.8 Å². The Morgan fingerprint density at radius 3 is 2.57 bits per heavy atom. The van der Waals surface area contributed by atoms with E-state index in [1.807, 2.05) is 11.8 Å². The third-order valence-corrected chi connectivity index (χ3v) is 3.86. The van der Waals surface area contributed by atoms with E-state index in [-0.39, 0.29) is 0 Å². The second kappa shape index (κ2) is 4.22.